The number of aromatic nitrogens is 2. The van der Waals surface area contributed by atoms with E-state index in [0.29, 0.717) is 6.04 Å². The third-order valence-corrected chi connectivity index (χ3v) is 6.70. The molecule has 6 heteroatoms. The fourth-order valence-electron chi connectivity index (χ4n) is 3.94. The average molecular weight is 384 g/mol. The number of benzene rings is 1. The topological polar surface area (TPSA) is 47.4 Å². The van der Waals surface area contributed by atoms with Gasteiger partial charge in [0.2, 0.25) is 0 Å². The Bertz CT molecular complexity index is 969. The number of hydrogen-bond acceptors (Lipinski definition) is 4. The maximum Gasteiger partial charge on any atom is 0.264 e. The molecule has 1 aliphatic carbocycles. The molecule has 27 heavy (non-hydrogen) atoms. The van der Waals surface area contributed by atoms with Crippen molar-refractivity contribution in [3.8, 4) is 17.0 Å². The van der Waals surface area contributed by atoms with Crippen LogP contribution in [0.2, 0.25) is 0 Å². The lowest BCUT2D eigenvalue weighted by molar-refractivity contribution is 0.0701. The fourth-order valence-corrected chi connectivity index (χ4v) is 4.99. The molecule has 1 aliphatic rings. The monoisotopic (exact) mass is 383 g/mol. The maximum atomic E-state index is 13.1. The van der Waals surface area contributed by atoms with Gasteiger partial charge in [0.1, 0.15) is 16.3 Å². The van der Waals surface area contributed by atoms with E-state index in [9.17, 15) is 4.79 Å². The second-order valence-electron chi connectivity index (χ2n) is 7.24. The first-order valence-corrected chi connectivity index (χ1v) is 10.3. The lowest BCUT2D eigenvalue weighted by Gasteiger charge is -2.30. The third kappa shape index (κ3) is 3.34. The summed E-state index contributed by atoms with van der Waals surface area (Å²) in [5.41, 5.74) is 1.89. The van der Waals surface area contributed by atoms with Crippen molar-refractivity contribution in [2.75, 3.05) is 14.2 Å². The number of hydrogen-bond donors (Lipinski definition) is 0. The van der Waals surface area contributed by atoms with Gasteiger partial charge in [-0.1, -0.05) is 31.4 Å². The Morgan fingerprint density at radius 2 is 2.04 bits per heavy atom. The zero-order valence-electron chi connectivity index (χ0n) is 16.1. The number of aryl methyl sites for hydroxylation is 1. The van der Waals surface area contributed by atoms with Gasteiger partial charge in [-0.05, 0) is 31.0 Å². The first-order valence-electron chi connectivity index (χ1n) is 9.46. The highest BCUT2D eigenvalue weighted by molar-refractivity contribution is 7.20. The Morgan fingerprint density at radius 1 is 1.26 bits per heavy atom. The van der Waals surface area contributed by atoms with Crippen LogP contribution in [0.15, 0.2) is 30.3 Å². The summed E-state index contributed by atoms with van der Waals surface area (Å²) in [6, 6.07) is 10.3. The van der Waals surface area contributed by atoms with E-state index in [1.54, 1.807) is 7.11 Å². The van der Waals surface area contributed by atoms with Gasteiger partial charge < -0.3 is 9.64 Å². The first-order chi connectivity index (χ1) is 13.1. The van der Waals surface area contributed by atoms with Crippen LogP contribution >= 0.6 is 11.3 Å². The van der Waals surface area contributed by atoms with E-state index in [1.807, 2.05) is 54.0 Å². The number of carbonyl (C=O) groups is 1. The van der Waals surface area contributed by atoms with Gasteiger partial charge in [0, 0.05) is 31.1 Å². The van der Waals surface area contributed by atoms with Crippen LogP contribution in [-0.4, -0.2) is 40.8 Å². The third-order valence-electron chi connectivity index (χ3n) is 5.51. The summed E-state index contributed by atoms with van der Waals surface area (Å²) in [6.07, 6.45) is 5.96. The van der Waals surface area contributed by atoms with Crippen LogP contribution in [0.4, 0.5) is 0 Å². The Hall–Kier alpha value is -2.34. The van der Waals surface area contributed by atoms with Gasteiger partial charge in [0.15, 0.2) is 0 Å². The summed E-state index contributed by atoms with van der Waals surface area (Å²) >= 11 is 1.53. The van der Waals surface area contributed by atoms with Crippen molar-refractivity contribution in [1.82, 2.24) is 14.7 Å². The highest BCUT2D eigenvalue weighted by Crippen LogP contribution is 2.35. The van der Waals surface area contributed by atoms with E-state index in [-0.39, 0.29) is 5.91 Å². The van der Waals surface area contributed by atoms with E-state index in [2.05, 4.69) is 5.10 Å². The Labute approximate surface area is 163 Å². The van der Waals surface area contributed by atoms with E-state index < -0.39 is 0 Å². The Kier molecular flexibility index (Phi) is 4.91. The Morgan fingerprint density at radius 3 is 2.78 bits per heavy atom. The van der Waals surface area contributed by atoms with E-state index >= 15 is 0 Å². The fraction of sp³-hybridized carbons (Fsp3) is 0.429. The largest absolute Gasteiger partial charge is 0.497 e. The van der Waals surface area contributed by atoms with Crippen molar-refractivity contribution in [3.63, 3.8) is 0 Å². The van der Waals surface area contributed by atoms with E-state index in [1.165, 1.54) is 30.6 Å². The van der Waals surface area contributed by atoms with Crippen molar-refractivity contribution >= 4 is 27.5 Å². The van der Waals surface area contributed by atoms with Gasteiger partial charge in [0.05, 0.1) is 12.0 Å². The molecule has 5 nitrogen and oxygen atoms in total. The normalized spacial score (nSPS) is 15.2. The van der Waals surface area contributed by atoms with Gasteiger partial charge in [-0.2, -0.15) is 5.10 Å². The van der Waals surface area contributed by atoms with Crippen LogP contribution in [0.25, 0.3) is 21.5 Å². The minimum Gasteiger partial charge on any atom is -0.497 e. The molecule has 0 saturated heterocycles. The van der Waals surface area contributed by atoms with Crippen LogP contribution in [0.5, 0.6) is 5.75 Å². The maximum absolute atomic E-state index is 13.1. The number of fused-ring (bicyclic) bond motifs is 1. The summed E-state index contributed by atoms with van der Waals surface area (Å²) in [5.74, 6) is 0.926. The summed E-state index contributed by atoms with van der Waals surface area (Å²) in [6.45, 7) is 0. The standard InChI is InChI=1S/C21H25N3O2S/c1-23(15-9-5-4-6-10-15)20(25)18-13-17-19(22-24(2)21(17)27-18)14-8-7-11-16(12-14)26-3/h7-8,11-13,15H,4-6,9-10H2,1-3H3. The van der Waals surface area contributed by atoms with Crippen molar-refractivity contribution in [2.24, 2.45) is 7.05 Å². The predicted molar refractivity (Wildman–Crippen MR) is 110 cm³/mol. The second kappa shape index (κ2) is 7.35. The molecule has 3 aromatic rings. The molecule has 0 unspecified atom stereocenters. The zero-order chi connectivity index (χ0) is 19.0. The molecule has 2 aromatic heterocycles. The lowest BCUT2D eigenvalue weighted by atomic mass is 9.94. The number of ether oxygens (including phenoxy) is 1. The van der Waals surface area contributed by atoms with Gasteiger partial charge >= 0.3 is 0 Å². The molecule has 0 atom stereocenters. The molecule has 1 fully saturated rings. The van der Waals surface area contributed by atoms with Crippen LogP contribution in [0, 0.1) is 0 Å². The molecule has 0 N–H and O–H groups in total. The number of methoxy groups -OCH3 is 1. The molecule has 0 aliphatic heterocycles. The van der Waals surface area contributed by atoms with Gasteiger partial charge in [-0.3, -0.25) is 9.48 Å². The quantitative estimate of drug-likeness (QED) is 0.655. The van der Waals surface area contributed by atoms with Gasteiger partial charge in [0.25, 0.3) is 5.91 Å². The summed E-state index contributed by atoms with van der Waals surface area (Å²) in [5, 5.41) is 5.70. The number of nitrogens with zero attached hydrogens (tertiary/aromatic N) is 3. The summed E-state index contributed by atoms with van der Waals surface area (Å²) in [7, 11) is 5.54. The Balaban J connectivity index is 1.69. The summed E-state index contributed by atoms with van der Waals surface area (Å²) < 4.78 is 7.21. The highest BCUT2D eigenvalue weighted by Gasteiger charge is 2.25. The highest BCUT2D eigenvalue weighted by atomic mass is 32.1. The molecule has 1 aromatic carbocycles. The minimum absolute atomic E-state index is 0.125. The van der Waals surface area contributed by atoms with Crippen molar-refractivity contribution in [3.05, 3.63) is 35.2 Å². The molecule has 4 rings (SSSR count). The first kappa shape index (κ1) is 18.0. The number of carbonyl (C=O) groups excluding carboxylic acids is 1. The van der Waals surface area contributed by atoms with E-state index in [4.69, 9.17) is 4.74 Å². The molecular formula is C21H25N3O2S. The number of amides is 1. The van der Waals surface area contributed by atoms with Crippen LogP contribution in [-0.2, 0) is 7.05 Å². The van der Waals surface area contributed by atoms with Crippen LogP contribution < -0.4 is 4.74 Å². The average Bonchev–Trinajstić information content (AvgIpc) is 3.28. The molecule has 0 bridgehead atoms. The molecule has 1 saturated carbocycles. The van der Waals surface area contributed by atoms with Gasteiger partial charge in [-0.25, -0.2) is 0 Å². The molecule has 2 heterocycles. The van der Waals surface area contributed by atoms with Crippen molar-refractivity contribution < 1.29 is 9.53 Å². The SMILES string of the molecule is COc1cccc(-c2nn(C)c3sc(C(=O)N(C)C4CCCCC4)cc23)c1. The predicted octanol–water partition coefficient (Wildman–Crippen LogP) is 4.72. The molecular weight excluding hydrogens is 358 g/mol. The lowest BCUT2D eigenvalue weighted by Crippen LogP contribution is -2.37. The van der Waals surface area contributed by atoms with Crippen LogP contribution in [0.3, 0.4) is 0 Å². The van der Waals surface area contributed by atoms with Crippen LogP contribution in [0.1, 0.15) is 41.8 Å². The molecule has 1 amide bonds. The molecule has 142 valence electrons. The number of thiophene rings is 1. The summed E-state index contributed by atoms with van der Waals surface area (Å²) in [4.78, 5) is 16.8. The second-order valence-corrected chi connectivity index (χ2v) is 8.27. The molecule has 0 spiro atoms. The van der Waals surface area contributed by atoms with E-state index in [0.717, 1.165) is 44.9 Å². The number of rotatable bonds is 4. The minimum atomic E-state index is 0.125. The van der Waals surface area contributed by atoms with Crippen molar-refractivity contribution in [2.45, 2.75) is 38.1 Å². The van der Waals surface area contributed by atoms with Gasteiger partial charge in [-0.15, -0.1) is 11.3 Å². The molecule has 0 radical (unpaired) electrons. The zero-order valence-corrected chi connectivity index (χ0v) is 16.9. The van der Waals surface area contributed by atoms with Crippen molar-refractivity contribution in [1.29, 1.82) is 0 Å². The smallest absolute Gasteiger partial charge is 0.264 e.